The summed E-state index contributed by atoms with van der Waals surface area (Å²) in [5.74, 6) is -1.19. The first-order valence-corrected chi connectivity index (χ1v) is 12.4. The quantitative estimate of drug-likeness (QED) is 0.468. The number of ether oxygens (including phenoxy) is 1. The third kappa shape index (κ3) is 4.76. The van der Waals surface area contributed by atoms with Gasteiger partial charge in [-0.25, -0.2) is 12.8 Å². The molecule has 4 rings (SSSR count). The number of aromatic nitrogens is 2. The van der Waals surface area contributed by atoms with E-state index in [2.05, 4.69) is 5.10 Å². The number of nitrogens with zero attached hydrogens (tertiary/aromatic N) is 3. The van der Waals surface area contributed by atoms with Crippen LogP contribution in [-0.2, 0) is 27.8 Å². The van der Waals surface area contributed by atoms with Gasteiger partial charge in [0.1, 0.15) is 23.9 Å². The Balaban J connectivity index is 1.59. The highest BCUT2D eigenvalue weighted by molar-refractivity contribution is 7.89. The van der Waals surface area contributed by atoms with Crippen molar-refractivity contribution in [1.82, 2.24) is 14.1 Å². The smallest absolute Gasteiger partial charge is 0.325 e. The van der Waals surface area contributed by atoms with Crippen molar-refractivity contribution < 1.29 is 27.4 Å². The lowest BCUT2D eigenvalue weighted by atomic mass is 9.93. The molecule has 0 fully saturated rings. The molecule has 1 atom stereocenters. The molecule has 1 unspecified atom stereocenters. The van der Waals surface area contributed by atoms with E-state index in [0.717, 1.165) is 11.8 Å². The Kier molecular flexibility index (Phi) is 6.86. The molecule has 1 heterocycles. The summed E-state index contributed by atoms with van der Waals surface area (Å²) >= 11 is 12.1. The molecule has 0 saturated carbocycles. The highest BCUT2D eigenvalue weighted by Gasteiger charge is 2.34. The number of carbonyl (C=O) groups is 1. The van der Waals surface area contributed by atoms with Crippen LogP contribution in [0, 0.1) is 5.82 Å². The van der Waals surface area contributed by atoms with Gasteiger partial charge in [0, 0.05) is 24.4 Å². The molecule has 3 aromatic rings. The van der Waals surface area contributed by atoms with Crippen LogP contribution in [0.25, 0.3) is 0 Å². The van der Waals surface area contributed by atoms with Crippen LogP contribution in [0.15, 0.2) is 47.5 Å². The lowest BCUT2D eigenvalue weighted by molar-refractivity contribution is -0.137. The van der Waals surface area contributed by atoms with Gasteiger partial charge < -0.3 is 9.84 Å². The second-order valence-corrected chi connectivity index (χ2v) is 10.6. The standard InChI is InChI=1S/C22H20Cl2FN3O5S/c1-27(19-3-2-4-20-15(19)11-26-28(20)12-22(29)30)34(31,32)14-6-8-21(17(24)10-14)33-13-5-7-18(25)16(23)9-13/h5-11,19H,2-4,12H2,1H3,(H,29,30). The first-order chi connectivity index (χ1) is 16.1. The van der Waals surface area contributed by atoms with Crippen molar-refractivity contribution in [1.29, 1.82) is 0 Å². The lowest BCUT2D eigenvalue weighted by Gasteiger charge is -2.31. The van der Waals surface area contributed by atoms with Crippen molar-refractivity contribution in [2.75, 3.05) is 7.05 Å². The van der Waals surface area contributed by atoms with Crippen LogP contribution < -0.4 is 4.74 Å². The van der Waals surface area contributed by atoms with Crippen molar-refractivity contribution in [2.45, 2.75) is 36.7 Å². The molecule has 0 radical (unpaired) electrons. The maximum Gasteiger partial charge on any atom is 0.325 e. The van der Waals surface area contributed by atoms with Gasteiger partial charge in [-0.05, 0) is 49.6 Å². The molecule has 34 heavy (non-hydrogen) atoms. The number of carboxylic acid groups (broad SMARTS) is 1. The lowest BCUT2D eigenvalue weighted by Crippen LogP contribution is -2.33. The zero-order valence-corrected chi connectivity index (χ0v) is 20.2. The predicted molar refractivity (Wildman–Crippen MR) is 123 cm³/mol. The molecule has 180 valence electrons. The van der Waals surface area contributed by atoms with E-state index < -0.39 is 27.9 Å². The number of carboxylic acids is 1. The number of rotatable bonds is 7. The van der Waals surface area contributed by atoms with Gasteiger partial charge >= 0.3 is 5.97 Å². The molecule has 0 bridgehead atoms. The molecule has 8 nitrogen and oxygen atoms in total. The summed E-state index contributed by atoms with van der Waals surface area (Å²) in [7, 11) is -2.48. The number of halogens is 3. The third-order valence-corrected chi connectivity index (χ3v) is 8.10. The summed E-state index contributed by atoms with van der Waals surface area (Å²) < 4.78 is 48.4. The van der Waals surface area contributed by atoms with Crippen LogP contribution in [0.3, 0.4) is 0 Å². The largest absolute Gasteiger partial charge is 0.480 e. The first-order valence-electron chi connectivity index (χ1n) is 10.2. The van der Waals surface area contributed by atoms with E-state index in [4.69, 9.17) is 33.0 Å². The summed E-state index contributed by atoms with van der Waals surface area (Å²) in [6.07, 6.45) is 3.42. The van der Waals surface area contributed by atoms with Crippen LogP contribution in [0.1, 0.15) is 30.1 Å². The molecule has 0 amide bonds. The van der Waals surface area contributed by atoms with Crippen molar-refractivity contribution in [3.8, 4) is 11.5 Å². The summed E-state index contributed by atoms with van der Waals surface area (Å²) in [4.78, 5) is 11.1. The molecule has 1 aliphatic rings. The average molecular weight is 528 g/mol. The Morgan fingerprint density at radius 1 is 1.26 bits per heavy atom. The molecule has 2 aromatic carbocycles. The Morgan fingerprint density at radius 2 is 2.03 bits per heavy atom. The molecule has 1 aromatic heterocycles. The van der Waals surface area contributed by atoms with E-state index in [1.165, 1.54) is 52.6 Å². The highest BCUT2D eigenvalue weighted by Crippen LogP contribution is 2.38. The minimum atomic E-state index is -3.95. The predicted octanol–water partition coefficient (Wildman–Crippen LogP) is 4.90. The van der Waals surface area contributed by atoms with Crippen molar-refractivity contribution in [3.63, 3.8) is 0 Å². The van der Waals surface area contributed by atoms with Crippen LogP contribution in [-0.4, -0.2) is 40.6 Å². The van der Waals surface area contributed by atoms with Gasteiger partial charge in [0.05, 0.1) is 27.2 Å². The summed E-state index contributed by atoms with van der Waals surface area (Å²) in [5.41, 5.74) is 1.42. The zero-order valence-electron chi connectivity index (χ0n) is 17.9. The van der Waals surface area contributed by atoms with E-state index in [-0.39, 0.29) is 33.0 Å². The number of hydrogen-bond acceptors (Lipinski definition) is 5. The Bertz CT molecular complexity index is 1360. The van der Waals surface area contributed by atoms with Crippen LogP contribution in [0.5, 0.6) is 11.5 Å². The van der Waals surface area contributed by atoms with Gasteiger partial charge in [-0.3, -0.25) is 9.48 Å². The Morgan fingerprint density at radius 3 is 2.71 bits per heavy atom. The van der Waals surface area contributed by atoms with Crippen molar-refractivity contribution in [2.24, 2.45) is 0 Å². The fourth-order valence-corrected chi connectivity index (χ4v) is 5.81. The van der Waals surface area contributed by atoms with E-state index >= 15 is 0 Å². The second kappa shape index (κ2) is 9.53. The van der Waals surface area contributed by atoms with Gasteiger partial charge in [-0.2, -0.15) is 9.40 Å². The number of hydrogen-bond donors (Lipinski definition) is 1. The van der Waals surface area contributed by atoms with Crippen molar-refractivity contribution in [3.05, 3.63) is 69.7 Å². The monoisotopic (exact) mass is 527 g/mol. The van der Waals surface area contributed by atoms with Crippen LogP contribution >= 0.6 is 23.2 Å². The molecule has 1 N–H and O–H groups in total. The molecule has 12 heteroatoms. The molecular weight excluding hydrogens is 508 g/mol. The van der Waals surface area contributed by atoms with E-state index in [1.54, 1.807) is 0 Å². The third-order valence-electron chi connectivity index (χ3n) is 5.65. The Hall–Kier alpha value is -2.66. The van der Waals surface area contributed by atoms with Gasteiger partial charge in [-0.1, -0.05) is 23.2 Å². The number of benzene rings is 2. The van der Waals surface area contributed by atoms with Gasteiger partial charge in [0.15, 0.2) is 0 Å². The second-order valence-electron chi connectivity index (χ2n) is 7.80. The van der Waals surface area contributed by atoms with Gasteiger partial charge in [-0.15, -0.1) is 0 Å². The van der Waals surface area contributed by atoms with E-state index in [9.17, 15) is 17.6 Å². The molecular formula is C22H20Cl2FN3O5S. The van der Waals surface area contributed by atoms with Crippen LogP contribution in [0.4, 0.5) is 4.39 Å². The SMILES string of the molecule is CN(C1CCCc2c1cnn2CC(=O)O)S(=O)(=O)c1ccc(Oc2ccc(F)c(Cl)c2)c(Cl)c1. The van der Waals surface area contributed by atoms with Gasteiger partial charge in [0.25, 0.3) is 0 Å². The molecule has 0 saturated heterocycles. The maximum atomic E-state index is 13.4. The zero-order chi connectivity index (χ0) is 24.6. The summed E-state index contributed by atoms with van der Waals surface area (Å²) in [6.45, 7) is -0.283. The maximum absolute atomic E-state index is 13.4. The summed E-state index contributed by atoms with van der Waals surface area (Å²) in [6, 6.07) is 7.39. The first kappa shape index (κ1) is 24.5. The van der Waals surface area contributed by atoms with E-state index in [0.29, 0.717) is 24.8 Å². The van der Waals surface area contributed by atoms with Crippen LogP contribution in [0.2, 0.25) is 10.0 Å². The molecule has 0 aliphatic heterocycles. The summed E-state index contributed by atoms with van der Waals surface area (Å²) in [5, 5.41) is 13.2. The minimum Gasteiger partial charge on any atom is -0.480 e. The fraction of sp³-hybridized carbons (Fsp3) is 0.273. The molecule has 1 aliphatic carbocycles. The minimum absolute atomic E-state index is 0.0328. The number of aliphatic carboxylic acids is 1. The number of fused-ring (bicyclic) bond motifs is 1. The Labute approximate surface area is 205 Å². The number of sulfonamides is 1. The fourth-order valence-electron chi connectivity index (χ4n) is 3.96. The van der Waals surface area contributed by atoms with Gasteiger partial charge in [0.2, 0.25) is 10.0 Å². The molecule has 0 spiro atoms. The average Bonchev–Trinajstić information content (AvgIpc) is 3.19. The van der Waals surface area contributed by atoms with E-state index in [1.807, 2.05) is 0 Å². The topological polar surface area (TPSA) is 102 Å². The van der Waals surface area contributed by atoms with Crippen molar-refractivity contribution >= 4 is 39.2 Å². The normalized spacial score (nSPS) is 15.9. The highest BCUT2D eigenvalue weighted by atomic mass is 35.5.